The van der Waals surface area contributed by atoms with Crippen molar-refractivity contribution in [1.29, 1.82) is 5.41 Å². The number of halogens is 4. The number of hydrogen-bond donors (Lipinski definition) is 2. The lowest BCUT2D eigenvalue weighted by atomic mass is 10.2. The summed E-state index contributed by atoms with van der Waals surface area (Å²) in [5, 5.41) is 8.33. The number of hydrogen-bond acceptors (Lipinski definition) is 3. The summed E-state index contributed by atoms with van der Waals surface area (Å²) >= 11 is 11.9. The number of nitrogens with zero attached hydrogens (tertiary/aromatic N) is 1. The van der Waals surface area contributed by atoms with Crippen LogP contribution in [0.4, 0.5) is 0 Å². The Morgan fingerprint density at radius 3 is 2.25 bits per heavy atom. The molecule has 3 rings (SSSR count). The average molecular weight is 405 g/mol. The molecule has 1 aromatic carbocycles. The molecule has 2 aromatic heterocycles. The number of aromatic nitrogens is 1. The van der Waals surface area contributed by atoms with Gasteiger partial charge in [-0.1, -0.05) is 23.2 Å². The Hall–Kier alpha value is -1.72. The van der Waals surface area contributed by atoms with Gasteiger partial charge in [0.1, 0.15) is 17.3 Å². The lowest BCUT2D eigenvalue weighted by molar-refractivity contribution is 0.595. The first-order valence-corrected chi connectivity index (χ1v) is 7.16. The van der Waals surface area contributed by atoms with Crippen molar-refractivity contribution in [2.45, 2.75) is 0 Å². The van der Waals surface area contributed by atoms with Crippen LogP contribution < -0.4 is 5.73 Å². The molecule has 8 heteroatoms. The third-order valence-electron chi connectivity index (χ3n) is 3.14. The van der Waals surface area contributed by atoms with Crippen LogP contribution in [0.5, 0.6) is 0 Å². The average Bonchev–Trinajstić information content (AvgIpc) is 3.00. The fourth-order valence-electron chi connectivity index (χ4n) is 1.98. The van der Waals surface area contributed by atoms with Gasteiger partial charge in [-0.3, -0.25) is 10.4 Å². The smallest absolute Gasteiger partial charge is 0.153 e. The van der Waals surface area contributed by atoms with Crippen LogP contribution in [0.1, 0.15) is 5.56 Å². The third kappa shape index (κ3) is 4.22. The number of benzene rings is 1. The molecule has 3 N–H and O–H groups in total. The van der Waals surface area contributed by atoms with E-state index >= 15 is 0 Å². The van der Waals surface area contributed by atoms with Crippen molar-refractivity contribution in [3.8, 4) is 22.8 Å². The zero-order valence-corrected chi connectivity index (χ0v) is 15.3. The second kappa shape index (κ2) is 8.40. The minimum Gasteiger partial charge on any atom is -0.454 e. The quantitative estimate of drug-likeness (QED) is 0.450. The Morgan fingerprint density at radius 1 is 0.958 bits per heavy atom. The molecule has 24 heavy (non-hydrogen) atoms. The van der Waals surface area contributed by atoms with E-state index in [0.29, 0.717) is 32.8 Å². The van der Waals surface area contributed by atoms with Crippen LogP contribution in [0.2, 0.25) is 10.0 Å². The molecule has 126 valence electrons. The highest BCUT2D eigenvalue weighted by Gasteiger charge is 2.10. The monoisotopic (exact) mass is 403 g/mol. The third-order valence-corrected chi connectivity index (χ3v) is 3.88. The number of rotatable bonds is 3. The highest BCUT2D eigenvalue weighted by Crippen LogP contribution is 2.31. The minimum absolute atomic E-state index is 0. The molecular formula is C16H13Cl4N3O. The van der Waals surface area contributed by atoms with Crippen LogP contribution >= 0.6 is 48.0 Å². The summed E-state index contributed by atoms with van der Waals surface area (Å²) in [4.78, 5) is 4.25. The molecule has 3 aromatic rings. The predicted octanol–water partition coefficient (Wildman–Crippen LogP) is 5.44. The number of nitrogens with two attached hydrogens (primary N) is 1. The molecule has 0 unspecified atom stereocenters. The zero-order chi connectivity index (χ0) is 15.7. The van der Waals surface area contributed by atoms with Crippen molar-refractivity contribution in [1.82, 2.24) is 4.98 Å². The maximum absolute atomic E-state index is 7.36. The van der Waals surface area contributed by atoms with E-state index in [1.54, 1.807) is 30.5 Å². The van der Waals surface area contributed by atoms with E-state index < -0.39 is 0 Å². The molecule has 0 saturated carbocycles. The Balaban J connectivity index is 0.00000144. The Kier molecular flexibility index (Phi) is 7.11. The maximum Gasteiger partial charge on any atom is 0.153 e. The summed E-state index contributed by atoms with van der Waals surface area (Å²) in [7, 11) is 0. The number of nitrogens with one attached hydrogen (secondary N) is 1. The molecule has 0 aliphatic heterocycles. The molecule has 0 aliphatic carbocycles. The molecule has 0 atom stereocenters. The van der Waals surface area contributed by atoms with Crippen molar-refractivity contribution in [2.75, 3.05) is 0 Å². The van der Waals surface area contributed by atoms with Gasteiger partial charge in [0.15, 0.2) is 5.76 Å². The van der Waals surface area contributed by atoms with Crippen LogP contribution in [0.15, 0.2) is 53.1 Å². The van der Waals surface area contributed by atoms with E-state index in [4.69, 9.17) is 38.8 Å². The first-order chi connectivity index (χ1) is 10.5. The van der Waals surface area contributed by atoms with E-state index in [1.807, 2.05) is 18.2 Å². The predicted molar refractivity (Wildman–Crippen MR) is 103 cm³/mol. The topological polar surface area (TPSA) is 75.9 Å². The zero-order valence-electron chi connectivity index (χ0n) is 12.1. The van der Waals surface area contributed by atoms with E-state index in [1.165, 1.54) is 0 Å². The highest BCUT2D eigenvalue weighted by molar-refractivity contribution is 6.42. The normalized spacial score (nSPS) is 9.75. The molecule has 2 heterocycles. The first kappa shape index (κ1) is 20.3. The summed E-state index contributed by atoms with van der Waals surface area (Å²) < 4.78 is 5.80. The van der Waals surface area contributed by atoms with Crippen LogP contribution in [-0.4, -0.2) is 10.8 Å². The molecule has 0 saturated heterocycles. The summed E-state index contributed by atoms with van der Waals surface area (Å²) in [6.07, 6.45) is 1.54. The van der Waals surface area contributed by atoms with Gasteiger partial charge >= 0.3 is 0 Å². The molecule has 0 fully saturated rings. The summed E-state index contributed by atoms with van der Waals surface area (Å²) in [5.74, 6) is 1.28. The van der Waals surface area contributed by atoms with E-state index in [-0.39, 0.29) is 30.6 Å². The van der Waals surface area contributed by atoms with Crippen LogP contribution in [0.25, 0.3) is 22.8 Å². The molecule has 0 aliphatic rings. The van der Waals surface area contributed by atoms with Crippen molar-refractivity contribution < 1.29 is 4.42 Å². The molecular weight excluding hydrogens is 392 g/mol. The van der Waals surface area contributed by atoms with Gasteiger partial charge in [0.05, 0.1) is 10.0 Å². The highest BCUT2D eigenvalue weighted by atomic mass is 35.5. The standard InChI is InChI=1S/C16H11Cl2N3O.2ClH/c17-11-3-1-9(7-12(11)18)14-5-6-15(22-14)13-4-2-10(8-21-13)16(19)20;;/h1-8H,(H3,19,20);2*1H. The van der Waals surface area contributed by atoms with Gasteiger partial charge < -0.3 is 10.2 Å². The van der Waals surface area contributed by atoms with Crippen molar-refractivity contribution >= 4 is 53.9 Å². The van der Waals surface area contributed by atoms with Gasteiger partial charge in [-0.25, -0.2) is 0 Å². The van der Waals surface area contributed by atoms with E-state index in [0.717, 1.165) is 5.56 Å². The van der Waals surface area contributed by atoms with Crippen LogP contribution in [0, 0.1) is 5.41 Å². The second-order valence-corrected chi connectivity index (χ2v) is 5.45. The molecule has 0 spiro atoms. The largest absolute Gasteiger partial charge is 0.454 e. The second-order valence-electron chi connectivity index (χ2n) is 4.64. The van der Waals surface area contributed by atoms with Gasteiger partial charge in [-0.05, 0) is 42.5 Å². The fourth-order valence-corrected chi connectivity index (χ4v) is 2.28. The number of pyridine rings is 1. The number of furan rings is 1. The van der Waals surface area contributed by atoms with Crippen molar-refractivity contribution in [2.24, 2.45) is 5.73 Å². The van der Waals surface area contributed by atoms with Crippen LogP contribution in [0.3, 0.4) is 0 Å². The fraction of sp³-hybridized carbons (Fsp3) is 0. The maximum atomic E-state index is 7.36. The van der Waals surface area contributed by atoms with E-state index in [9.17, 15) is 0 Å². The summed E-state index contributed by atoms with van der Waals surface area (Å²) in [6.45, 7) is 0. The van der Waals surface area contributed by atoms with Gasteiger partial charge in [0.25, 0.3) is 0 Å². The summed E-state index contributed by atoms with van der Waals surface area (Å²) in [6, 6.07) is 12.5. The van der Waals surface area contributed by atoms with Gasteiger partial charge in [0.2, 0.25) is 0 Å². The lowest BCUT2D eigenvalue weighted by Gasteiger charge is -2.01. The Morgan fingerprint density at radius 2 is 1.67 bits per heavy atom. The number of amidine groups is 1. The lowest BCUT2D eigenvalue weighted by Crippen LogP contribution is -2.11. The SMILES string of the molecule is Cl.Cl.N=C(N)c1ccc(-c2ccc(-c3ccc(Cl)c(Cl)c3)o2)nc1. The molecule has 0 bridgehead atoms. The minimum atomic E-state index is -0.0185. The van der Waals surface area contributed by atoms with Crippen molar-refractivity contribution in [3.63, 3.8) is 0 Å². The first-order valence-electron chi connectivity index (χ1n) is 6.40. The van der Waals surface area contributed by atoms with Gasteiger partial charge in [-0.15, -0.1) is 24.8 Å². The molecule has 0 radical (unpaired) electrons. The van der Waals surface area contributed by atoms with Crippen molar-refractivity contribution in [3.05, 3.63) is 64.3 Å². The van der Waals surface area contributed by atoms with Crippen LogP contribution in [-0.2, 0) is 0 Å². The summed E-state index contributed by atoms with van der Waals surface area (Å²) in [5.41, 5.74) is 7.47. The van der Waals surface area contributed by atoms with Gasteiger partial charge in [0, 0.05) is 17.3 Å². The Bertz CT molecular complexity index is 847. The van der Waals surface area contributed by atoms with Gasteiger partial charge in [-0.2, -0.15) is 0 Å². The Labute approximate surface area is 161 Å². The molecule has 0 amide bonds. The number of nitrogen functional groups attached to an aromatic ring is 1. The van der Waals surface area contributed by atoms with E-state index in [2.05, 4.69) is 4.98 Å². The molecule has 4 nitrogen and oxygen atoms in total.